The number of para-hydroxylation sites is 1. The predicted molar refractivity (Wildman–Crippen MR) is 110 cm³/mol. The molecule has 1 atom stereocenters. The Bertz CT molecular complexity index is 863. The quantitative estimate of drug-likeness (QED) is 0.294. The zero-order valence-corrected chi connectivity index (χ0v) is 16.7. The molecule has 0 amide bonds. The minimum Gasteiger partial charge on any atom is -0.494 e. The highest BCUT2D eigenvalue weighted by Gasteiger charge is 2.22. The van der Waals surface area contributed by atoms with Crippen molar-refractivity contribution in [2.45, 2.75) is 44.1 Å². The lowest BCUT2D eigenvalue weighted by molar-refractivity contribution is 0.310. The first-order valence-corrected chi connectivity index (χ1v) is 11.2. The third-order valence-corrected chi connectivity index (χ3v) is 7.08. The van der Waals surface area contributed by atoms with Crippen LogP contribution in [0, 0.1) is 5.92 Å². The highest BCUT2D eigenvalue weighted by atomic mass is 32.2. The molecule has 0 unspecified atom stereocenters. The fourth-order valence-corrected chi connectivity index (χ4v) is 5.88. The molecule has 26 heavy (non-hydrogen) atoms. The molecule has 5 heteroatoms. The Kier molecular flexibility index (Phi) is 5.75. The summed E-state index contributed by atoms with van der Waals surface area (Å²) < 4.78 is 5.77. The minimum absolute atomic E-state index is 0.773. The van der Waals surface area contributed by atoms with Crippen LogP contribution in [0.4, 0.5) is 0 Å². The minimum atomic E-state index is 0.773. The van der Waals surface area contributed by atoms with Gasteiger partial charge in [-0.3, -0.25) is 0 Å². The van der Waals surface area contributed by atoms with Gasteiger partial charge in [-0.05, 0) is 61.5 Å². The number of aryl methyl sites for hydroxylation is 1. The number of aromatic nitrogens is 2. The van der Waals surface area contributed by atoms with Gasteiger partial charge in [0.25, 0.3) is 0 Å². The van der Waals surface area contributed by atoms with Gasteiger partial charge >= 0.3 is 0 Å². The van der Waals surface area contributed by atoms with Crippen LogP contribution < -0.4 is 4.74 Å². The van der Waals surface area contributed by atoms with E-state index in [2.05, 4.69) is 16.9 Å². The van der Waals surface area contributed by atoms with Crippen molar-refractivity contribution in [2.24, 2.45) is 5.92 Å². The van der Waals surface area contributed by atoms with E-state index in [9.17, 15) is 0 Å². The summed E-state index contributed by atoms with van der Waals surface area (Å²) in [6.07, 6.45) is 7.60. The number of nitrogens with zero attached hydrogens (tertiary/aromatic N) is 2. The van der Waals surface area contributed by atoms with Crippen LogP contribution in [0.2, 0.25) is 0 Å². The van der Waals surface area contributed by atoms with E-state index in [1.165, 1.54) is 44.9 Å². The normalized spacial score (nSPS) is 16.6. The highest BCUT2D eigenvalue weighted by molar-refractivity contribution is 7.99. The maximum Gasteiger partial charge on any atom is 0.128 e. The number of unbranched alkanes of at least 4 members (excludes halogenated alkanes) is 1. The number of thioether (sulfide) groups is 1. The summed E-state index contributed by atoms with van der Waals surface area (Å²) in [6, 6.07) is 10.0. The molecule has 4 rings (SSSR count). The van der Waals surface area contributed by atoms with Gasteiger partial charge in [-0.15, -0.1) is 23.1 Å². The second-order valence-corrected chi connectivity index (χ2v) is 9.10. The molecule has 2 aromatic heterocycles. The topological polar surface area (TPSA) is 35.0 Å². The molecule has 0 aliphatic heterocycles. The molecule has 0 N–H and O–H groups in total. The Balaban J connectivity index is 1.33. The summed E-state index contributed by atoms with van der Waals surface area (Å²) in [5.74, 6) is 2.83. The van der Waals surface area contributed by atoms with Crippen LogP contribution in [0.5, 0.6) is 5.75 Å². The molecule has 1 aromatic carbocycles. The summed E-state index contributed by atoms with van der Waals surface area (Å²) in [6.45, 7) is 3.13. The van der Waals surface area contributed by atoms with Gasteiger partial charge in [0, 0.05) is 10.3 Å². The molecule has 0 saturated carbocycles. The average Bonchev–Trinajstić information content (AvgIpc) is 3.03. The molecule has 0 fully saturated rings. The van der Waals surface area contributed by atoms with E-state index in [1.54, 1.807) is 6.33 Å². The lowest BCUT2D eigenvalue weighted by Crippen LogP contribution is -2.08. The SMILES string of the molecule is C[C@H]1CCc2c(sc3ncnc(SCCCCOc4ccccc4)c23)C1. The molecule has 1 aliphatic rings. The number of hydrogen-bond donors (Lipinski definition) is 0. The van der Waals surface area contributed by atoms with Crippen molar-refractivity contribution < 1.29 is 4.74 Å². The largest absolute Gasteiger partial charge is 0.494 e. The van der Waals surface area contributed by atoms with Crippen LogP contribution >= 0.6 is 23.1 Å². The van der Waals surface area contributed by atoms with Crippen molar-refractivity contribution in [1.82, 2.24) is 9.97 Å². The van der Waals surface area contributed by atoms with Crippen molar-refractivity contribution in [2.75, 3.05) is 12.4 Å². The van der Waals surface area contributed by atoms with Crippen molar-refractivity contribution >= 4 is 33.3 Å². The van der Waals surface area contributed by atoms with E-state index in [0.29, 0.717) is 0 Å². The van der Waals surface area contributed by atoms with Crippen molar-refractivity contribution in [1.29, 1.82) is 0 Å². The number of hydrogen-bond acceptors (Lipinski definition) is 5. The average molecular weight is 385 g/mol. The molecule has 2 heterocycles. The zero-order valence-electron chi connectivity index (χ0n) is 15.1. The lowest BCUT2D eigenvalue weighted by atomic mass is 9.89. The Morgan fingerprint density at radius 1 is 1.19 bits per heavy atom. The smallest absolute Gasteiger partial charge is 0.128 e. The van der Waals surface area contributed by atoms with E-state index in [1.807, 2.05) is 53.4 Å². The van der Waals surface area contributed by atoms with Crippen LogP contribution in [0.3, 0.4) is 0 Å². The second kappa shape index (κ2) is 8.40. The first-order valence-electron chi connectivity index (χ1n) is 9.37. The number of fused-ring (bicyclic) bond motifs is 3. The van der Waals surface area contributed by atoms with Crippen molar-refractivity contribution in [3.63, 3.8) is 0 Å². The standard InChI is InChI=1S/C21H24N2OS2/c1-15-9-10-17-18(13-15)26-21-19(17)20(22-14-23-21)25-12-6-5-11-24-16-7-3-2-4-8-16/h2-4,7-8,14-15H,5-6,9-13H2,1H3/t15-/m0/s1. The van der Waals surface area contributed by atoms with E-state index < -0.39 is 0 Å². The van der Waals surface area contributed by atoms with Crippen LogP contribution in [-0.4, -0.2) is 22.3 Å². The Morgan fingerprint density at radius 2 is 2.08 bits per heavy atom. The highest BCUT2D eigenvalue weighted by Crippen LogP contribution is 2.40. The van der Waals surface area contributed by atoms with Gasteiger partial charge in [0.15, 0.2) is 0 Å². The van der Waals surface area contributed by atoms with E-state index in [-0.39, 0.29) is 0 Å². The molecular weight excluding hydrogens is 360 g/mol. The van der Waals surface area contributed by atoms with Gasteiger partial charge < -0.3 is 4.74 Å². The predicted octanol–water partition coefficient (Wildman–Crippen LogP) is 5.77. The molecule has 136 valence electrons. The molecule has 0 saturated heterocycles. The number of rotatable bonds is 7. The van der Waals surface area contributed by atoms with Gasteiger partial charge in [0.05, 0.1) is 6.61 Å². The Labute approximate surface area is 163 Å². The summed E-state index contributed by atoms with van der Waals surface area (Å²) in [7, 11) is 0. The van der Waals surface area contributed by atoms with E-state index in [4.69, 9.17) is 4.74 Å². The second-order valence-electron chi connectivity index (χ2n) is 6.93. The number of ether oxygens (including phenoxy) is 1. The molecule has 0 radical (unpaired) electrons. The van der Waals surface area contributed by atoms with Crippen LogP contribution in [0.1, 0.15) is 36.6 Å². The summed E-state index contributed by atoms with van der Waals surface area (Å²) >= 11 is 3.75. The first-order chi connectivity index (χ1) is 12.8. The summed E-state index contributed by atoms with van der Waals surface area (Å²) in [5, 5.41) is 2.51. The fraction of sp³-hybridized carbons (Fsp3) is 0.429. The maximum absolute atomic E-state index is 5.77. The van der Waals surface area contributed by atoms with Gasteiger partial charge in [-0.1, -0.05) is 25.1 Å². The van der Waals surface area contributed by atoms with Gasteiger partial charge in [-0.2, -0.15) is 0 Å². The van der Waals surface area contributed by atoms with Crippen molar-refractivity contribution in [3.8, 4) is 5.75 Å². The number of benzene rings is 1. The first kappa shape index (κ1) is 17.8. The van der Waals surface area contributed by atoms with Crippen LogP contribution in [0.15, 0.2) is 41.7 Å². The molecule has 1 aliphatic carbocycles. The van der Waals surface area contributed by atoms with Crippen molar-refractivity contribution in [3.05, 3.63) is 47.1 Å². The third-order valence-electron chi connectivity index (χ3n) is 4.85. The lowest BCUT2D eigenvalue weighted by Gasteiger charge is -2.18. The zero-order chi connectivity index (χ0) is 17.8. The number of thiophene rings is 1. The van der Waals surface area contributed by atoms with E-state index in [0.717, 1.165) is 36.9 Å². The monoisotopic (exact) mass is 384 g/mol. The van der Waals surface area contributed by atoms with Crippen LogP contribution in [0.25, 0.3) is 10.2 Å². The summed E-state index contributed by atoms with van der Waals surface area (Å²) in [5.41, 5.74) is 1.53. The van der Waals surface area contributed by atoms with Crippen LogP contribution in [-0.2, 0) is 12.8 Å². The van der Waals surface area contributed by atoms with Gasteiger partial charge in [-0.25, -0.2) is 9.97 Å². The molecule has 3 nitrogen and oxygen atoms in total. The molecule has 3 aromatic rings. The van der Waals surface area contributed by atoms with Gasteiger partial charge in [0.2, 0.25) is 0 Å². The Morgan fingerprint density at radius 3 is 2.96 bits per heavy atom. The molecule has 0 spiro atoms. The maximum atomic E-state index is 5.77. The summed E-state index contributed by atoms with van der Waals surface area (Å²) in [4.78, 5) is 11.9. The third kappa shape index (κ3) is 4.04. The van der Waals surface area contributed by atoms with E-state index >= 15 is 0 Å². The Hall–Kier alpha value is -1.59. The fourth-order valence-electron chi connectivity index (χ4n) is 3.44. The molecular formula is C21H24N2OS2. The molecule has 0 bridgehead atoms. The van der Waals surface area contributed by atoms with Gasteiger partial charge in [0.1, 0.15) is 21.9 Å².